The summed E-state index contributed by atoms with van der Waals surface area (Å²) in [6, 6.07) is 17.3. The summed E-state index contributed by atoms with van der Waals surface area (Å²) in [5.41, 5.74) is 10.3. The zero-order valence-corrected chi connectivity index (χ0v) is 16.8. The molecule has 2 N–H and O–H groups in total. The van der Waals surface area contributed by atoms with Gasteiger partial charge in [-0.1, -0.05) is 42.5 Å². The Hall–Kier alpha value is -3.25. The van der Waals surface area contributed by atoms with Gasteiger partial charge >= 0.3 is 0 Å². The second kappa shape index (κ2) is 8.01. The largest absolute Gasteiger partial charge is 0.399 e. The van der Waals surface area contributed by atoms with Crippen LogP contribution in [0.2, 0.25) is 0 Å². The Balaban J connectivity index is 1.84. The van der Waals surface area contributed by atoms with Crippen LogP contribution in [0.4, 0.5) is 5.69 Å². The molecular formula is C23H25N5O. The Morgan fingerprint density at radius 2 is 1.62 bits per heavy atom. The highest BCUT2D eigenvalue weighted by atomic mass is 16.2. The monoisotopic (exact) mass is 387 g/mol. The minimum Gasteiger partial charge on any atom is -0.399 e. The van der Waals surface area contributed by atoms with Crippen molar-refractivity contribution >= 4 is 11.6 Å². The van der Waals surface area contributed by atoms with E-state index in [1.54, 1.807) is 0 Å². The second-order valence-electron chi connectivity index (χ2n) is 7.44. The van der Waals surface area contributed by atoms with Crippen molar-refractivity contribution in [2.45, 2.75) is 6.92 Å². The van der Waals surface area contributed by atoms with Crippen molar-refractivity contribution in [1.82, 2.24) is 19.8 Å². The molecule has 6 nitrogen and oxygen atoms in total. The van der Waals surface area contributed by atoms with Gasteiger partial charge in [0.15, 0.2) is 5.82 Å². The van der Waals surface area contributed by atoms with E-state index in [0.717, 1.165) is 24.2 Å². The highest BCUT2D eigenvalue weighted by Gasteiger charge is 2.27. The average molecular weight is 387 g/mol. The number of hydrogen-bond donors (Lipinski definition) is 1. The number of aromatic nitrogens is 2. The van der Waals surface area contributed by atoms with Crippen molar-refractivity contribution in [1.29, 1.82) is 0 Å². The topological polar surface area (TPSA) is 75.3 Å². The van der Waals surface area contributed by atoms with Gasteiger partial charge in [-0.3, -0.25) is 4.79 Å². The van der Waals surface area contributed by atoms with Crippen molar-refractivity contribution in [2.24, 2.45) is 0 Å². The predicted molar refractivity (Wildman–Crippen MR) is 115 cm³/mol. The van der Waals surface area contributed by atoms with E-state index in [4.69, 9.17) is 10.7 Å². The first kappa shape index (κ1) is 19.1. The van der Waals surface area contributed by atoms with Gasteiger partial charge in [0.1, 0.15) is 0 Å². The number of benzene rings is 2. The lowest BCUT2D eigenvalue weighted by atomic mass is 10.0. The SMILES string of the molecule is Cc1nc(-c2ccccc2)nc(-c2cccc(N)c2)c1C(=O)N1CCN(C)CC1. The number of aryl methyl sites for hydroxylation is 1. The summed E-state index contributed by atoms with van der Waals surface area (Å²) in [7, 11) is 2.07. The number of nitrogens with zero attached hydrogens (tertiary/aromatic N) is 4. The summed E-state index contributed by atoms with van der Waals surface area (Å²) in [5, 5.41) is 0. The third-order valence-corrected chi connectivity index (χ3v) is 5.29. The van der Waals surface area contributed by atoms with Gasteiger partial charge < -0.3 is 15.5 Å². The number of amides is 1. The van der Waals surface area contributed by atoms with Crippen molar-refractivity contribution in [3.63, 3.8) is 0 Å². The first-order chi connectivity index (χ1) is 14.0. The van der Waals surface area contributed by atoms with Crippen LogP contribution in [0, 0.1) is 6.92 Å². The van der Waals surface area contributed by atoms with Crippen LogP contribution in [0.25, 0.3) is 22.6 Å². The number of anilines is 1. The number of carbonyl (C=O) groups excluding carboxylic acids is 1. The fraction of sp³-hybridized carbons (Fsp3) is 0.261. The first-order valence-electron chi connectivity index (χ1n) is 9.81. The van der Waals surface area contributed by atoms with E-state index in [-0.39, 0.29) is 5.91 Å². The van der Waals surface area contributed by atoms with Crippen molar-refractivity contribution in [3.05, 3.63) is 65.9 Å². The Bertz CT molecular complexity index is 1030. The van der Waals surface area contributed by atoms with Crippen LogP contribution >= 0.6 is 0 Å². The molecule has 6 heteroatoms. The maximum atomic E-state index is 13.5. The molecule has 1 amide bonds. The molecule has 0 aliphatic carbocycles. The molecule has 29 heavy (non-hydrogen) atoms. The molecule has 1 aliphatic rings. The third-order valence-electron chi connectivity index (χ3n) is 5.29. The minimum absolute atomic E-state index is 0.0207. The van der Waals surface area contributed by atoms with Crippen LogP contribution in [0.3, 0.4) is 0 Å². The highest BCUT2D eigenvalue weighted by molar-refractivity contribution is 6.01. The molecule has 0 bridgehead atoms. The zero-order chi connectivity index (χ0) is 20.4. The molecule has 0 saturated carbocycles. The Morgan fingerprint density at radius 3 is 2.31 bits per heavy atom. The van der Waals surface area contributed by atoms with Crippen LogP contribution < -0.4 is 5.73 Å². The normalized spacial score (nSPS) is 14.8. The van der Waals surface area contributed by atoms with Gasteiger partial charge in [-0.25, -0.2) is 9.97 Å². The van der Waals surface area contributed by atoms with E-state index in [0.29, 0.717) is 41.6 Å². The van der Waals surface area contributed by atoms with E-state index < -0.39 is 0 Å². The molecule has 1 saturated heterocycles. The number of nitrogens with two attached hydrogens (primary N) is 1. The van der Waals surface area contributed by atoms with E-state index in [9.17, 15) is 4.79 Å². The lowest BCUT2D eigenvalue weighted by Crippen LogP contribution is -2.47. The van der Waals surface area contributed by atoms with Crippen molar-refractivity contribution in [3.8, 4) is 22.6 Å². The number of hydrogen-bond acceptors (Lipinski definition) is 5. The molecule has 2 aromatic carbocycles. The molecule has 1 fully saturated rings. The lowest BCUT2D eigenvalue weighted by molar-refractivity contribution is 0.0663. The Kier molecular flexibility index (Phi) is 5.27. The van der Waals surface area contributed by atoms with Crippen molar-refractivity contribution < 1.29 is 4.79 Å². The van der Waals surface area contributed by atoms with Gasteiger partial charge in [0.2, 0.25) is 0 Å². The quantitative estimate of drug-likeness (QED) is 0.699. The lowest BCUT2D eigenvalue weighted by Gasteiger charge is -2.33. The highest BCUT2D eigenvalue weighted by Crippen LogP contribution is 2.29. The van der Waals surface area contributed by atoms with E-state index >= 15 is 0 Å². The van der Waals surface area contributed by atoms with E-state index in [1.807, 2.05) is 66.4 Å². The van der Waals surface area contributed by atoms with Crippen LogP contribution in [0.15, 0.2) is 54.6 Å². The van der Waals surface area contributed by atoms with Gasteiger partial charge in [-0.15, -0.1) is 0 Å². The van der Waals surface area contributed by atoms with Gasteiger partial charge in [-0.05, 0) is 26.1 Å². The number of nitrogen functional groups attached to an aromatic ring is 1. The standard InChI is InChI=1S/C23H25N5O/c1-16-20(23(29)28-13-11-27(2)12-14-28)21(18-9-6-10-19(24)15-18)26-22(25-16)17-7-4-3-5-8-17/h3-10,15H,11-14,24H2,1-2H3. The summed E-state index contributed by atoms with van der Waals surface area (Å²) >= 11 is 0. The Labute approximate surface area is 171 Å². The van der Waals surface area contributed by atoms with Crippen LogP contribution in [0.5, 0.6) is 0 Å². The van der Waals surface area contributed by atoms with Gasteiger partial charge in [0, 0.05) is 43.0 Å². The third kappa shape index (κ3) is 3.98. The fourth-order valence-electron chi connectivity index (χ4n) is 3.61. The maximum absolute atomic E-state index is 13.5. The van der Waals surface area contributed by atoms with E-state index in [2.05, 4.69) is 16.9 Å². The number of likely N-dealkylation sites (N-methyl/N-ethyl adjacent to an activating group) is 1. The van der Waals surface area contributed by atoms with Crippen LogP contribution in [0.1, 0.15) is 16.1 Å². The van der Waals surface area contributed by atoms with Crippen LogP contribution in [-0.2, 0) is 0 Å². The number of piperazine rings is 1. The summed E-state index contributed by atoms with van der Waals surface area (Å²) in [5.74, 6) is 0.586. The van der Waals surface area contributed by atoms with Gasteiger partial charge in [-0.2, -0.15) is 0 Å². The first-order valence-corrected chi connectivity index (χ1v) is 9.81. The molecule has 0 atom stereocenters. The minimum atomic E-state index is -0.0207. The summed E-state index contributed by atoms with van der Waals surface area (Å²) in [6.45, 7) is 5.01. The fourth-order valence-corrected chi connectivity index (χ4v) is 3.61. The number of carbonyl (C=O) groups is 1. The van der Waals surface area contributed by atoms with E-state index in [1.165, 1.54) is 0 Å². The maximum Gasteiger partial charge on any atom is 0.258 e. The molecule has 1 aromatic heterocycles. The average Bonchev–Trinajstić information content (AvgIpc) is 2.74. The summed E-state index contributed by atoms with van der Waals surface area (Å²) in [6.07, 6.45) is 0. The number of rotatable bonds is 3. The molecule has 2 heterocycles. The summed E-state index contributed by atoms with van der Waals surface area (Å²) < 4.78 is 0. The predicted octanol–water partition coefficient (Wildman–Crippen LogP) is 3.09. The second-order valence-corrected chi connectivity index (χ2v) is 7.44. The molecular weight excluding hydrogens is 362 g/mol. The molecule has 4 rings (SSSR count). The van der Waals surface area contributed by atoms with Gasteiger partial charge in [0.05, 0.1) is 17.0 Å². The van der Waals surface area contributed by atoms with Crippen LogP contribution in [-0.4, -0.2) is 58.9 Å². The zero-order valence-electron chi connectivity index (χ0n) is 16.8. The molecule has 0 spiro atoms. The molecule has 148 valence electrons. The van der Waals surface area contributed by atoms with Gasteiger partial charge in [0.25, 0.3) is 5.91 Å². The summed E-state index contributed by atoms with van der Waals surface area (Å²) in [4.78, 5) is 27.1. The molecule has 1 aliphatic heterocycles. The molecule has 0 unspecified atom stereocenters. The molecule has 3 aromatic rings. The molecule has 0 radical (unpaired) electrons. The Morgan fingerprint density at radius 1 is 0.931 bits per heavy atom. The smallest absolute Gasteiger partial charge is 0.258 e. The van der Waals surface area contributed by atoms with Crippen molar-refractivity contribution in [2.75, 3.05) is 39.0 Å².